The van der Waals surface area contributed by atoms with E-state index in [1.165, 1.54) is 50.1 Å². The quantitative estimate of drug-likeness (QED) is 0.178. The molecule has 3 aliphatic rings. The van der Waals surface area contributed by atoms with E-state index in [0.29, 0.717) is 0 Å². The number of hydrogen-bond acceptors (Lipinski definition) is 4. The fourth-order valence-corrected chi connectivity index (χ4v) is 10.8. The molecule has 0 N–H and O–H groups in total. The van der Waals surface area contributed by atoms with E-state index in [4.69, 9.17) is 17.7 Å². The summed E-state index contributed by atoms with van der Waals surface area (Å²) >= 11 is 0. The van der Waals surface area contributed by atoms with E-state index in [1.807, 2.05) is 12.1 Å². The van der Waals surface area contributed by atoms with Crippen LogP contribution in [0.5, 0.6) is 0 Å². The van der Waals surface area contributed by atoms with Crippen LogP contribution in [0.1, 0.15) is 67.7 Å². The van der Waals surface area contributed by atoms with Gasteiger partial charge in [0.25, 0.3) is 0 Å². The van der Waals surface area contributed by atoms with Gasteiger partial charge in [-0.05, 0) is 106 Å². The van der Waals surface area contributed by atoms with Crippen molar-refractivity contribution >= 4 is 60.9 Å². The first-order valence-electron chi connectivity index (χ1n) is 19.7. The molecule has 0 saturated carbocycles. The lowest BCUT2D eigenvalue weighted by molar-refractivity contribution is 0.565. The van der Waals surface area contributed by atoms with Gasteiger partial charge in [0.15, 0.2) is 0 Å². The molecule has 3 aliphatic carbocycles. The molecule has 4 heterocycles. The third-order valence-electron chi connectivity index (χ3n) is 13.3. The first-order valence-corrected chi connectivity index (χ1v) is 19.7. The van der Waals surface area contributed by atoms with Crippen LogP contribution in [0.25, 0.3) is 106 Å². The molecule has 10 aromatic rings. The Kier molecular flexibility index (Phi) is 5.61. The van der Waals surface area contributed by atoms with Gasteiger partial charge in [0.2, 0.25) is 0 Å². The molecule has 0 amide bonds. The number of aryl methyl sites for hydroxylation is 1. The molecule has 0 spiro atoms. The van der Waals surface area contributed by atoms with Crippen LogP contribution < -0.4 is 0 Å². The van der Waals surface area contributed by atoms with E-state index >= 15 is 0 Å². The van der Waals surface area contributed by atoms with Crippen molar-refractivity contribution < 1.29 is 17.7 Å². The Hall–Kier alpha value is -6.52. The molecule has 0 atom stereocenters. The van der Waals surface area contributed by atoms with Gasteiger partial charge in [-0.15, -0.1) is 0 Å². The summed E-state index contributed by atoms with van der Waals surface area (Å²) in [6.45, 7) is 9.59. The Morgan fingerprint density at radius 2 is 1.11 bits per heavy atom. The SMILES string of the molecule is CC1(C)c2cc(-c3cc4c(o3)C=CCC4)c3c(oc4ccccc43)c2-c2ccc3c(c21)C(C)(C)c1cc(-c2cc4ccccc4o2)c2oc4ccccc4c2c1-3. The van der Waals surface area contributed by atoms with Crippen molar-refractivity contribution in [3.63, 3.8) is 0 Å². The molecule has 0 aliphatic heterocycles. The molecule has 4 aromatic heterocycles. The fraction of sp³-hybridized carbons (Fsp3) is 0.154. The predicted molar refractivity (Wildman–Crippen MR) is 226 cm³/mol. The zero-order valence-corrected chi connectivity index (χ0v) is 31.6. The first kappa shape index (κ1) is 30.8. The van der Waals surface area contributed by atoms with Gasteiger partial charge in [0.05, 0.1) is 5.56 Å². The van der Waals surface area contributed by atoms with Crippen LogP contribution in [0.15, 0.2) is 133 Å². The zero-order valence-electron chi connectivity index (χ0n) is 31.6. The maximum Gasteiger partial charge on any atom is 0.147 e. The van der Waals surface area contributed by atoms with Gasteiger partial charge in [0, 0.05) is 48.9 Å². The van der Waals surface area contributed by atoms with E-state index in [0.717, 1.165) is 96.1 Å². The van der Waals surface area contributed by atoms with Crippen molar-refractivity contribution in [3.8, 4) is 44.9 Å². The Balaban J connectivity index is 1.11. The Labute approximate surface area is 322 Å². The van der Waals surface area contributed by atoms with Gasteiger partial charge in [0.1, 0.15) is 45.2 Å². The average molecular weight is 725 g/mol. The minimum Gasteiger partial charge on any atom is -0.456 e. The molecular weight excluding hydrogens is 689 g/mol. The number of hydrogen-bond donors (Lipinski definition) is 0. The second kappa shape index (κ2) is 10.2. The van der Waals surface area contributed by atoms with Crippen molar-refractivity contribution in [2.24, 2.45) is 0 Å². The van der Waals surface area contributed by atoms with Crippen molar-refractivity contribution in [1.29, 1.82) is 0 Å². The van der Waals surface area contributed by atoms with E-state index in [2.05, 4.69) is 137 Å². The van der Waals surface area contributed by atoms with Crippen LogP contribution >= 0.6 is 0 Å². The van der Waals surface area contributed by atoms with Crippen LogP contribution in [0.2, 0.25) is 0 Å². The number of benzene rings is 6. The average Bonchev–Trinajstić information content (AvgIpc) is 4.05. The van der Waals surface area contributed by atoms with Crippen molar-refractivity contribution in [2.75, 3.05) is 0 Å². The summed E-state index contributed by atoms with van der Waals surface area (Å²) in [5, 5.41) is 5.56. The predicted octanol–water partition coefficient (Wildman–Crippen LogP) is 14.7. The Morgan fingerprint density at radius 3 is 1.84 bits per heavy atom. The van der Waals surface area contributed by atoms with E-state index in [9.17, 15) is 0 Å². The molecular formula is C52H36O4. The van der Waals surface area contributed by atoms with Crippen LogP contribution in [-0.2, 0) is 17.3 Å². The summed E-state index contributed by atoms with van der Waals surface area (Å²) < 4.78 is 27.0. The standard InChI is InChI=1S/C52H36O4/c1-51(2)35-26-34(42-24-28-14-6-10-18-38(28)54-42)49-46(30-16-8-12-20-40(30)55-49)44(35)31-21-22-32-45-36(52(3,4)48(32)47(31)51)25-33(41-23-27-13-5-9-17-37(27)53-41)43-29-15-7-11-19-39(29)56-50(43)45/h6-12,14-26H,5,13H2,1-4H3. The molecule has 0 radical (unpaired) electrons. The molecule has 0 unspecified atom stereocenters. The number of para-hydroxylation sites is 3. The normalized spacial score (nSPS) is 15.9. The summed E-state index contributed by atoms with van der Waals surface area (Å²) in [5.74, 6) is 2.68. The molecule has 0 fully saturated rings. The van der Waals surface area contributed by atoms with Gasteiger partial charge in [-0.25, -0.2) is 0 Å². The maximum atomic E-state index is 6.95. The highest BCUT2D eigenvalue weighted by atomic mass is 16.4. The molecule has 0 bridgehead atoms. The number of fused-ring (bicyclic) bond motifs is 17. The number of allylic oxidation sites excluding steroid dienone is 1. The van der Waals surface area contributed by atoms with E-state index in [1.54, 1.807) is 0 Å². The lowest BCUT2D eigenvalue weighted by Gasteiger charge is -2.31. The molecule has 0 saturated heterocycles. The third kappa shape index (κ3) is 3.70. The highest BCUT2D eigenvalue weighted by Gasteiger charge is 2.48. The highest BCUT2D eigenvalue weighted by Crippen LogP contribution is 2.63. The number of furan rings is 4. The van der Waals surface area contributed by atoms with Gasteiger partial charge in [-0.2, -0.15) is 0 Å². The zero-order chi connectivity index (χ0) is 37.2. The van der Waals surface area contributed by atoms with Crippen molar-refractivity contribution in [1.82, 2.24) is 0 Å². The van der Waals surface area contributed by atoms with E-state index < -0.39 is 0 Å². The minimum absolute atomic E-state index is 0.342. The van der Waals surface area contributed by atoms with E-state index in [-0.39, 0.29) is 10.8 Å². The van der Waals surface area contributed by atoms with Gasteiger partial charge in [-0.1, -0.05) is 101 Å². The summed E-state index contributed by atoms with van der Waals surface area (Å²) in [5.41, 5.74) is 17.3. The molecule has 6 aromatic carbocycles. The maximum absolute atomic E-state index is 6.95. The second-order valence-corrected chi connectivity index (χ2v) is 17.0. The highest BCUT2D eigenvalue weighted by molar-refractivity contribution is 6.21. The first-order chi connectivity index (χ1) is 27.3. The summed E-state index contributed by atoms with van der Waals surface area (Å²) in [6.07, 6.45) is 6.36. The monoisotopic (exact) mass is 724 g/mol. The molecule has 268 valence electrons. The fourth-order valence-electron chi connectivity index (χ4n) is 10.8. The molecule has 13 rings (SSSR count). The van der Waals surface area contributed by atoms with Gasteiger partial charge in [-0.3, -0.25) is 0 Å². The Morgan fingerprint density at radius 1 is 0.500 bits per heavy atom. The summed E-state index contributed by atoms with van der Waals surface area (Å²) in [6, 6.07) is 39.0. The van der Waals surface area contributed by atoms with Gasteiger partial charge >= 0.3 is 0 Å². The molecule has 4 heteroatoms. The Bertz CT molecular complexity index is 3390. The number of rotatable bonds is 2. The van der Waals surface area contributed by atoms with Crippen molar-refractivity contribution in [3.05, 3.63) is 149 Å². The topological polar surface area (TPSA) is 52.6 Å². The van der Waals surface area contributed by atoms with Crippen LogP contribution in [0, 0.1) is 0 Å². The molecule has 56 heavy (non-hydrogen) atoms. The van der Waals surface area contributed by atoms with Crippen LogP contribution in [-0.4, -0.2) is 0 Å². The molecule has 4 nitrogen and oxygen atoms in total. The lowest BCUT2D eigenvalue weighted by atomic mass is 9.72. The lowest BCUT2D eigenvalue weighted by Crippen LogP contribution is -2.24. The second-order valence-electron chi connectivity index (χ2n) is 17.0. The minimum atomic E-state index is -0.345. The third-order valence-corrected chi connectivity index (χ3v) is 13.3. The van der Waals surface area contributed by atoms with Crippen LogP contribution in [0.4, 0.5) is 0 Å². The van der Waals surface area contributed by atoms with Crippen molar-refractivity contribution in [2.45, 2.75) is 51.4 Å². The summed E-state index contributed by atoms with van der Waals surface area (Å²) in [7, 11) is 0. The van der Waals surface area contributed by atoms with Crippen LogP contribution in [0.3, 0.4) is 0 Å². The smallest absolute Gasteiger partial charge is 0.147 e. The largest absolute Gasteiger partial charge is 0.456 e. The van der Waals surface area contributed by atoms with Gasteiger partial charge < -0.3 is 17.7 Å². The summed E-state index contributed by atoms with van der Waals surface area (Å²) in [4.78, 5) is 0.